The van der Waals surface area contributed by atoms with E-state index in [2.05, 4.69) is 36.1 Å². The van der Waals surface area contributed by atoms with Crippen LogP contribution in [0, 0.1) is 0 Å². The number of fused-ring (bicyclic) bond motifs is 1. The third-order valence-corrected chi connectivity index (χ3v) is 5.97. The molecule has 0 aliphatic carbocycles. The number of ketones is 1. The SMILES string of the molecule is CC1CN(Cc2ccccc2)Cc2sc(N)c(C(=O)c3ccccc3)c21. The van der Waals surface area contributed by atoms with Gasteiger partial charge in [0.05, 0.1) is 10.6 Å². The Morgan fingerprint density at radius 3 is 2.46 bits per heavy atom. The molecule has 0 bridgehead atoms. The van der Waals surface area contributed by atoms with E-state index in [1.54, 1.807) is 11.3 Å². The number of hydrogen-bond acceptors (Lipinski definition) is 4. The van der Waals surface area contributed by atoms with E-state index in [0.717, 1.165) is 30.8 Å². The van der Waals surface area contributed by atoms with Crippen LogP contribution in [0.3, 0.4) is 0 Å². The molecule has 1 aromatic heterocycles. The van der Waals surface area contributed by atoms with E-state index in [1.165, 1.54) is 10.4 Å². The van der Waals surface area contributed by atoms with Crippen molar-refractivity contribution in [2.45, 2.75) is 25.9 Å². The zero-order valence-electron chi connectivity index (χ0n) is 14.8. The van der Waals surface area contributed by atoms with Crippen molar-refractivity contribution < 1.29 is 4.79 Å². The minimum atomic E-state index is 0.0453. The molecule has 0 amide bonds. The van der Waals surface area contributed by atoms with Crippen molar-refractivity contribution in [2.75, 3.05) is 12.3 Å². The molecule has 132 valence electrons. The minimum Gasteiger partial charge on any atom is -0.390 e. The highest BCUT2D eigenvalue weighted by Gasteiger charge is 2.31. The van der Waals surface area contributed by atoms with Crippen molar-refractivity contribution in [3.63, 3.8) is 0 Å². The first-order valence-electron chi connectivity index (χ1n) is 8.90. The predicted molar refractivity (Wildman–Crippen MR) is 108 cm³/mol. The number of nitrogens with zero attached hydrogens (tertiary/aromatic N) is 1. The highest BCUT2D eigenvalue weighted by Crippen LogP contribution is 2.41. The van der Waals surface area contributed by atoms with E-state index in [-0.39, 0.29) is 5.78 Å². The van der Waals surface area contributed by atoms with Gasteiger partial charge in [-0.15, -0.1) is 11.3 Å². The van der Waals surface area contributed by atoms with Crippen LogP contribution in [0.4, 0.5) is 5.00 Å². The van der Waals surface area contributed by atoms with Crippen LogP contribution in [0.1, 0.15) is 44.8 Å². The maximum absolute atomic E-state index is 13.0. The fourth-order valence-corrected chi connectivity index (χ4v) is 5.06. The first kappa shape index (κ1) is 17.0. The highest BCUT2D eigenvalue weighted by atomic mass is 32.1. The van der Waals surface area contributed by atoms with Crippen LogP contribution < -0.4 is 5.73 Å². The second-order valence-electron chi connectivity index (χ2n) is 6.93. The first-order chi connectivity index (χ1) is 12.6. The van der Waals surface area contributed by atoms with Gasteiger partial charge in [-0.1, -0.05) is 67.6 Å². The molecule has 4 heteroatoms. The largest absolute Gasteiger partial charge is 0.390 e. The van der Waals surface area contributed by atoms with Crippen molar-refractivity contribution in [1.29, 1.82) is 0 Å². The Morgan fingerprint density at radius 1 is 1.12 bits per heavy atom. The average molecular weight is 362 g/mol. The normalized spacial score (nSPS) is 17.0. The van der Waals surface area contributed by atoms with E-state index in [1.807, 2.05) is 36.4 Å². The maximum atomic E-state index is 13.0. The second kappa shape index (κ2) is 7.06. The summed E-state index contributed by atoms with van der Waals surface area (Å²) in [6, 6.07) is 20.0. The van der Waals surface area contributed by atoms with Gasteiger partial charge in [0, 0.05) is 30.1 Å². The van der Waals surface area contributed by atoms with Crippen LogP contribution in [-0.2, 0) is 13.1 Å². The molecule has 3 nitrogen and oxygen atoms in total. The molecule has 0 saturated heterocycles. The van der Waals surface area contributed by atoms with Gasteiger partial charge >= 0.3 is 0 Å². The van der Waals surface area contributed by atoms with Gasteiger partial charge in [-0.2, -0.15) is 0 Å². The Hall–Kier alpha value is -2.43. The molecule has 26 heavy (non-hydrogen) atoms. The summed E-state index contributed by atoms with van der Waals surface area (Å²) < 4.78 is 0. The number of nitrogen functional groups attached to an aromatic ring is 1. The van der Waals surface area contributed by atoms with Crippen LogP contribution in [0.15, 0.2) is 60.7 Å². The molecule has 2 N–H and O–H groups in total. The standard InChI is InChI=1S/C22H22N2OS/c1-15-12-24(13-16-8-4-2-5-9-16)14-18-19(15)20(22(23)26-18)21(25)17-10-6-3-7-11-17/h2-11,15H,12-14,23H2,1H3. The van der Waals surface area contributed by atoms with Crippen molar-refractivity contribution >= 4 is 22.1 Å². The summed E-state index contributed by atoms with van der Waals surface area (Å²) in [4.78, 5) is 16.7. The van der Waals surface area contributed by atoms with Crippen LogP contribution in [-0.4, -0.2) is 17.2 Å². The molecular weight excluding hydrogens is 340 g/mol. The van der Waals surface area contributed by atoms with Gasteiger partial charge in [0.25, 0.3) is 0 Å². The van der Waals surface area contributed by atoms with E-state index in [0.29, 0.717) is 16.5 Å². The first-order valence-corrected chi connectivity index (χ1v) is 9.72. The maximum Gasteiger partial charge on any atom is 0.196 e. The van der Waals surface area contributed by atoms with Gasteiger partial charge in [-0.05, 0) is 17.0 Å². The second-order valence-corrected chi connectivity index (χ2v) is 8.07. The molecule has 2 heterocycles. The van der Waals surface area contributed by atoms with Crippen LogP contribution in [0.2, 0.25) is 0 Å². The Morgan fingerprint density at radius 2 is 1.77 bits per heavy atom. The molecule has 1 aliphatic rings. The predicted octanol–water partition coefficient (Wildman–Crippen LogP) is 4.68. The lowest BCUT2D eigenvalue weighted by Gasteiger charge is -2.31. The van der Waals surface area contributed by atoms with Gasteiger partial charge in [0.2, 0.25) is 0 Å². The van der Waals surface area contributed by atoms with Gasteiger partial charge in [-0.3, -0.25) is 9.69 Å². The molecule has 1 aliphatic heterocycles. The third kappa shape index (κ3) is 3.18. The van der Waals surface area contributed by atoms with Crippen molar-refractivity contribution in [1.82, 2.24) is 4.90 Å². The number of thiophene rings is 1. The van der Waals surface area contributed by atoms with Gasteiger partial charge in [0.15, 0.2) is 5.78 Å². The molecule has 0 saturated carbocycles. The topological polar surface area (TPSA) is 46.3 Å². The number of carbonyl (C=O) groups excluding carboxylic acids is 1. The van der Waals surface area contributed by atoms with Crippen molar-refractivity contribution in [2.24, 2.45) is 0 Å². The highest BCUT2D eigenvalue weighted by molar-refractivity contribution is 7.16. The number of hydrogen-bond donors (Lipinski definition) is 1. The summed E-state index contributed by atoms with van der Waals surface area (Å²) in [5, 5.41) is 0.650. The molecule has 0 radical (unpaired) electrons. The minimum absolute atomic E-state index is 0.0453. The molecule has 0 spiro atoms. The lowest BCUT2D eigenvalue weighted by Crippen LogP contribution is -2.32. The molecule has 0 fully saturated rings. The molecule has 4 rings (SSSR count). The van der Waals surface area contributed by atoms with E-state index >= 15 is 0 Å². The summed E-state index contributed by atoms with van der Waals surface area (Å²) >= 11 is 1.57. The fourth-order valence-electron chi connectivity index (χ4n) is 3.83. The van der Waals surface area contributed by atoms with Crippen LogP contribution >= 0.6 is 11.3 Å². The monoisotopic (exact) mass is 362 g/mol. The summed E-state index contributed by atoms with van der Waals surface area (Å²) in [7, 11) is 0. The smallest absolute Gasteiger partial charge is 0.196 e. The Labute approximate surface area is 158 Å². The summed E-state index contributed by atoms with van der Waals surface area (Å²) in [5.41, 5.74) is 10.2. The number of anilines is 1. The van der Waals surface area contributed by atoms with Crippen molar-refractivity contribution in [3.8, 4) is 0 Å². The quantitative estimate of drug-likeness (QED) is 0.686. The van der Waals surface area contributed by atoms with Gasteiger partial charge < -0.3 is 5.73 Å². The van der Waals surface area contributed by atoms with Crippen LogP contribution in [0.25, 0.3) is 0 Å². The van der Waals surface area contributed by atoms with E-state index in [4.69, 9.17) is 5.73 Å². The lowest BCUT2D eigenvalue weighted by molar-refractivity contribution is 0.103. The number of rotatable bonds is 4. The molecule has 2 aromatic carbocycles. The Bertz CT molecular complexity index is 918. The number of carbonyl (C=O) groups is 1. The summed E-state index contributed by atoms with van der Waals surface area (Å²) in [6.45, 7) is 4.91. The molecule has 1 unspecified atom stereocenters. The summed E-state index contributed by atoms with van der Waals surface area (Å²) in [6.07, 6.45) is 0. The van der Waals surface area contributed by atoms with Gasteiger partial charge in [0.1, 0.15) is 0 Å². The fraction of sp³-hybridized carbons (Fsp3) is 0.227. The van der Waals surface area contributed by atoms with E-state index in [9.17, 15) is 4.79 Å². The molecule has 3 aromatic rings. The van der Waals surface area contributed by atoms with E-state index < -0.39 is 0 Å². The Balaban J connectivity index is 1.63. The lowest BCUT2D eigenvalue weighted by atomic mass is 9.89. The molecule has 1 atom stereocenters. The third-order valence-electron chi connectivity index (χ3n) is 4.95. The average Bonchev–Trinajstić information content (AvgIpc) is 2.99. The van der Waals surface area contributed by atoms with Crippen LogP contribution in [0.5, 0.6) is 0 Å². The summed E-state index contributed by atoms with van der Waals surface area (Å²) in [5.74, 6) is 0.336. The zero-order valence-corrected chi connectivity index (χ0v) is 15.6. The van der Waals surface area contributed by atoms with Crippen molar-refractivity contribution in [3.05, 3.63) is 87.8 Å². The number of nitrogens with two attached hydrogens (primary N) is 1. The number of benzene rings is 2. The molecular formula is C22H22N2OS. The zero-order chi connectivity index (χ0) is 18.1. The van der Waals surface area contributed by atoms with Gasteiger partial charge in [-0.25, -0.2) is 0 Å². The Kier molecular flexibility index (Phi) is 4.62.